The molecule has 72 valence electrons. The molecular weight excluding hydrogens is 162 g/mol. The van der Waals surface area contributed by atoms with Crippen LogP contribution in [0, 0.1) is 0 Å². The van der Waals surface area contributed by atoms with Crippen molar-refractivity contribution >= 4 is 11.9 Å². The molecule has 0 spiro atoms. The molecular formula is C7H15NO4. The van der Waals surface area contributed by atoms with Crippen molar-refractivity contribution in [3.05, 3.63) is 0 Å². The van der Waals surface area contributed by atoms with Crippen LogP contribution in [0.15, 0.2) is 0 Å². The minimum atomic E-state index is -0.745. The first-order valence-electron chi connectivity index (χ1n) is 3.57. The molecule has 0 unspecified atom stereocenters. The molecule has 12 heavy (non-hydrogen) atoms. The lowest BCUT2D eigenvalue weighted by atomic mass is 10.4. The van der Waals surface area contributed by atoms with Crippen molar-refractivity contribution < 1.29 is 19.4 Å². The number of carboxylic acids is 1. The number of aliphatic carboxylic acids is 1. The molecule has 0 amide bonds. The molecule has 0 aromatic heterocycles. The third-order valence-corrected chi connectivity index (χ3v) is 0.879. The topological polar surface area (TPSA) is 89.6 Å². The molecule has 0 aliphatic carbocycles. The van der Waals surface area contributed by atoms with E-state index in [0.717, 1.165) is 0 Å². The number of rotatable bonds is 3. The van der Waals surface area contributed by atoms with E-state index >= 15 is 0 Å². The Morgan fingerprint density at radius 2 is 1.92 bits per heavy atom. The number of ether oxygens (including phenoxy) is 1. The van der Waals surface area contributed by atoms with E-state index in [1.807, 2.05) is 0 Å². The summed E-state index contributed by atoms with van der Waals surface area (Å²) in [5.41, 5.74) is 5.00. The molecule has 0 aromatic carbocycles. The lowest BCUT2D eigenvalue weighted by Crippen LogP contribution is -2.08. The van der Waals surface area contributed by atoms with Crippen LogP contribution in [0.3, 0.4) is 0 Å². The first-order chi connectivity index (χ1) is 5.58. The van der Waals surface area contributed by atoms with Gasteiger partial charge in [0.05, 0.1) is 13.5 Å². The van der Waals surface area contributed by atoms with E-state index in [1.54, 1.807) is 6.92 Å². The minimum Gasteiger partial charge on any atom is -0.481 e. The van der Waals surface area contributed by atoms with Gasteiger partial charge in [0.25, 0.3) is 0 Å². The molecule has 0 fully saturated rings. The molecule has 0 bridgehead atoms. The van der Waals surface area contributed by atoms with Crippen LogP contribution in [0.1, 0.15) is 19.8 Å². The van der Waals surface area contributed by atoms with Gasteiger partial charge in [0, 0.05) is 13.0 Å². The lowest BCUT2D eigenvalue weighted by Gasteiger charge is -1.91. The fraction of sp³-hybridized carbons (Fsp3) is 0.714. The van der Waals surface area contributed by atoms with E-state index in [4.69, 9.17) is 10.8 Å². The van der Waals surface area contributed by atoms with Crippen LogP contribution >= 0.6 is 0 Å². The zero-order chi connectivity index (χ0) is 9.98. The van der Waals surface area contributed by atoms with Crippen LogP contribution in [0.4, 0.5) is 0 Å². The van der Waals surface area contributed by atoms with Gasteiger partial charge in [-0.3, -0.25) is 9.59 Å². The Bertz CT molecular complexity index is 135. The van der Waals surface area contributed by atoms with Crippen LogP contribution in [0.25, 0.3) is 0 Å². The molecule has 0 aliphatic heterocycles. The van der Waals surface area contributed by atoms with Gasteiger partial charge >= 0.3 is 11.9 Å². The largest absolute Gasteiger partial charge is 0.481 e. The van der Waals surface area contributed by atoms with Gasteiger partial charge in [-0.1, -0.05) is 6.92 Å². The normalized spacial score (nSPS) is 7.92. The van der Waals surface area contributed by atoms with Crippen molar-refractivity contribution in [2.45, 2.75) is 19.8 Å². The maximum Gasteiger partial charge on any atom is 0.306 e. The van der Waals surface area contributed by atoms with E-state index in [0.29, 0.717) is 13.0 Å². The Morgan fingerprint density at radius 1 is 1.50 bits per heavy atom. The highest BCUT2D eigenvalue weighted by Crippen LogP contribution is 1.76. The van der Waals surface area contributed by atoms with Gasteiger partial charge in [0.2, 0.25) is 0 Å². The number of hydrogen-bond acceptors (Lipinski definition) is 4. The number of carbonyl (C=O) groups is 2. The highest BCUT2D eigenvalue weighted by Gasteiger charge is 1.92. The first-order valence-corrected chi connectivity index (χ1v) is 3.57. The van der Waals surface area contributed by atoms with Gasteiger partial charge in [-0.15, -0.1) is 0 Å². The highest BCUT2D eigenvalue weighted by atomic mass is 16.5. The summed E-state index contributed by atoms with van der Waals surface area (Å²) in [4.78, 5) is 19.5. The van der Waals surface area contributed by atoms with Gasteiger partial charge in [-0.25, -0.2) is 0 Å². The Hall–Kier alpha value is -1.10. The Labute approximate surface area is 71.5 Å². The number of carbonyl (C=O) groups excluding carboxylic acids is 1. The Kier molecular flexibility index (Phi) is 11.1. The molecule has 5 heteroatoms. The lowest BCUT2D eigenvalue weighted by molar-refractivity contribution is -0.140. The van der Waals surface area contributed by atoms with Crippen LogP contribution < -0.4 is 5.73 Å². The van der Waals surface area contributed by atoms with Crippen molar-refractivity contribution in [2.24, 2.45) is 5.73 Å². The third-order valence-electron chi connectivity index (χ3n) is 0.879. The number of nitrogens with two attached hydrogens (primary N) is 1. The molecule has 5 nitrogen and oxygen atoms in total. The molecule has 0 saturated heterocycles. The molecule has 3 N–H and O–H groups in total. The van der Waals surface area contributed by atoms with Crippen LogP contribution in [-0.2, 0) is 14.3 Å². The molecule has 0 radical (unpaired) electrons. The van der Waals surface area contributed by atoms with Gasteiger partial charge in [-0.05, 0) is 0 Å². The van der Waals surface area contributed by atoms with E-state index < -0.39 is 5.97 Å². The first kappa shape index (κ1) is 13.5. The van der Waals surface area contributed by atoms with Crippen LogP contribution in [0.5, 0.6) is 0 Å². The summed E-state index contributed by atoms with van der Waals surface area (Å²) < 4.78 is 4.27. The van der Waals surface area contributed by atoms with E-state index in [9.17, 15) is 9.59 Å². The summed E-state index contributed by atoms with van der Waals surface area (Å²) in [7, 11) is 1.35. The molecule has 0 aromatic rings. The van der Waals surface area contributed by atoms with E-state index in [1.165, 1.54) is 7.11 Å². The zero-order valence-electron chi connectivity index (χ0n) is 7.37. The SMILES string of the molecule is CCC(=O)O.COC(=O)CCN. The van der Waals surface area contributed by atoms with E-state index in [2.05, 4.69) is 4.74 Å². The van der Waals surface area contributed by atoms with Crippen molar-refractivity contribution in [1.82, 2.24) is 0 Å². The van der Waals surface area contributed by atoms with Gasteiger partial charge in [0.1, 0.15) is 0 Å². The molecule has 0 rings (SSSR count). The predicted molar refractivity (Wildman–Crippen MR) is 43.6 cm³/mol. The monoisotopic (exact) mass is 177 g/mol. The number of hydrogen-bond donors (Lipinski definition) is 2. The fourth-order valence-electron chi connectivity index (χ4n) is 0.220. The third kappa shape index (κ3) is 16.0. The maximum absolute atomic E-state index is 10.1. The second-order valence-electron chi connectivity index (χ2n) is 1.86. The quantitative estimate of drug-likeness (QED) is 0.592. The van der Waals surface area contributed by atoms with Crippen molar-refractivity contribution in [1.29, 1.82) is 0 Å². The van der Waals surface area contributed by atoms with Gasteiger partial charge in [0.15, 0.2) is 0 Å². The zero-order valence-corrected chi connectivity index (χ0v) is 7.37. The van der Waals surface area contributed by atoms with Crippen LogP contribution in [0.2, 0.25) is 0 Å². The average molecular weight is 177 g/mol. The average Bonchev–Trinajstić information content (AvgIpc) is 2.06. The summed E-state index contributed by atoms with van der Waals surface area (Å²) in [6.07, 6.45) is 0.538. The summed E-state index contributed by atoms with van der Waals surface area (Å²) in [5.74, 6) is -0.993. The second kappa shape index (κ2) is 9.90. The summed E-state index contributed by atoms with van der Waals surface area (Å²) in [6, 6.07) is 0. The molecule has 0 aliphatic rings. The van der Waals surface area contributed by atoms with Crippen molar-refractivity contribution in [2.75, 3.05) is 13.7 Å². The molecule has 0 saturated carbocycles. The molecule has 0 heterocycles. The second-order valence-corrected chi connectivity index (χ2v) is 1.86. The van der Waals surface area contributed by atoms with E-state index in [-0.39, 0.29) is 12.4 Å². The van der Waals surface area contributed by atoms with Gasteiger partial charge < -0.3 is 15.6 Å². The standard InChI is InChI=1S/C4H9NO2.C3H6O2/c1-7-4(6)2-3-5;1-2-3(4)5/h2-3,5H2,1H3;2H2,1H3,(H,4,5). The summed E-state index contributed by atoms with van der Waals surface area (Å²) >= 11 is 0. The molecule has 0 atom stereocenters. The van der Waals surface area contributed by atoms with Crippen molar-refractivity contribution in [3.8, 4) is 0 Å². The van der Waals surface area contributed by atoms with Crippen molar-refractivity contribution in [3.63, 3.8) is 0 Å². The minimum absolute atomic E-state index is 0.222. The summed E-state index contributed by atoms with van der Waals surface area (Å²) in [6.45, 7) is 1.97. The fourth-order valence-corrected chi connectivity index (χ4v) is 0.220. The Morgan fingerprint density at radius 3 is 2.00 bits per heavy atom. The number of methoxy groups -OCH3 is 1. The number of carboxylic acid groups (broad SMARTS) is 1. The Balaban J connectivity index is 0. The van der Waals surface area contributed by atoms with Gasteiger partial charge in [-0.2, -0.15) is 0 Å². The smallest absolute Gasteiger partial charge is 0.306 e. The summed E-state index contributed by atoms with van der Waals surface area (Å²) in [5, 5.41) is 7.72. The predicted octanol–water partition coefficient (Wildman–Crippen LogP) is -0.0108. The number of esters is 1. The maximum atomic E-state index is 10.1. The van der Waals surface area contributed by atoms with Crippen LogP contribution in [-0.4, -0.2) is 30.7 Å². The highest BCUT2D eigenvalue weighted by molar-refractivity contribution is 5.69.